The third kappa shape index (κ3) is 2.41. The summed E-state index contributed by atoms with van der Waals surface area (Å²) in [5, 5.41) is 3.37. The number of carbonyl (C=O) groups is 2. The summed E-state index contributed by atoms with van der Waals surface area (Å²) in [6, 6.07) is 6.91. The molecule has 5 nitrogen and oxygen atoms in total. The molecule has 1 atom stereocenters. The van der Waals surface area contributed by atoms with E-state index in [9.17, 15) is 9.59 Å². The van der Waals surface area contributed by atoms with E-state index in [4.69, 9.17) is 5.73 Å². The van der Waals surface area contributed by atoms with Crippen LogP contribution in [0.15, 0.2) is 30.5 Å². The van der Waals surface area contributed by atoms with Crippen molar-refractivity contribution in [3.05, 3.63) is 36.0 Å². The molecule has 0 aliphatic carbocycles. The number of Topliss-reactive ketones (excluding diaryl/α,β-unsaturated/α-hetero) is 1. The van der Waals surface area contributed by atoms with Crippen molar-refractivity contribution < 1.29 is 9.59 Å². The Bertz CT molecular complexity index is 587. The number of fused-ring (bicyclic) bond motifs is 1. The highest BCUT2D eigenvalue weighted by atomic mass is 16.2. The van der Waals surface area contributed by atoms with Gasteiger partial charge in [-0.05, 0) is 13.0 Å². The quantitative estimate of drug-likeness (QED) is 0.697. The van der Waals surface area contributed by atoms with Crippen LogP contribution < -0.4 is 11.1 Å². The molecule has 0 radical (unpaired) electrons. The molecule has 2 rings (SSSR count). The van der Waals surface area contributed by atoms with Crippen molar-refractivity contribution in [3.8, 4) is 0 Å². The number of para-hydroxylation sites is 1. The monoisotopic (exact) mass is 245 g/mol. The first-order valence-electron chi connectivity index (χ1n) is 5.72. The summed E-state index contributed by atoms with van der Waals surface area (Å²) in [4.78, 5) is 26.3. The summed E-state index contributed by atoms with van der Waals surface area (Å²) >= 11 is 0. The van der Waals surface area contributed by atoms with Crippen molar-refractivity contribution in [1.82, 2.24) is 10.3 Å². The van der Waals surface area contributed by atoms with Gasteiger partial charge in [0.05, 0.1) is 12.6 Å². The summed E-state index contributed by atoms with van der Waals surface area (Å²) < 4.78 is 0. The molecule has 94 valence electrons. The van der Waals surface area contributed by atoms with E-state index in [2.05, 4.69) is 10.3 Å². The lowest BCUT2D eigenvalue weighted by molar-refractivity contribution is -0.121. The van der Waals surface area contributed by atoms with Crippen LogP contribution in [0.1, 0.15) is 17.3 Å². The number of nitrogens with two attached hydrogens (primary N) is 1. The molecule has 1 aromatic heterocycles. The molecular weight excluding hydrogens is 230 g/mol. The highest BCUT2D eigenvalue weighted by Crippen LogP contribution is 2.17. The number of hydrogen-bond acceptors (Lipinski definition) is 3. The minimum atomic E-state index is -0.610. The first-order chi connectivity index (χ1) is 8.59. The average molecular weight is 245 g/mol. The number of benzene rings is 1. The van der Waals surface area contributed by atoms with Gasteiger partial charge >= 0.3 is 0 Å². The molecule has 0 bridgehead atoms. The van der Waals surface area contributed by atoms with Gasteiger partial charge in [0, 0.05) is 22.7 Å². The fourth-order valence-corrected chi connectivity index (χ4v) is 1.73. The number of H-pyrrole nitrogens is 1. The van der Waals surface area contributed by atoms with Crippen molar-refractivity contribution in [2.45, 2.75) is 13.0 Å². The summed E-state index contributed by atoms with van der Waals surface area (Å²) in [6.07, 6.45) is 1.66. The lowest BCUT2D eigenvalue weighted by Gasteiger charge is -2.06. The van der Waals surface area contributed by atoms with Crippen LogP contribution in [-0.2, 0) is 4.79 Å². The van der Waals surface area contributed by atoms with E-state index in [0.717, 1.165) is 10.9 Å². The first-order valence-corrected chi connectivity index (χ1v) is 5.72. The number of nitrogens with one attached hydrogen (secondary N) is 2. The van der Waals surface area contributed by atoms with Gasteiger partial charge in [-0.25, -0.2) is 0 Å². The Morgan fingerprint density at radius 3 is 2.83 bits per heavy atom. The zero-order valence-corrected chi connectivity index (χ0v) is 10.1. The maximum Gasteiger partial charge on any atom is 0.237 e. The summed E-state index contributed by atoms with van der Waals surface area (Å²) in [5.74, 6) is -0.468. The van der Waals surface area contributed by atoms with Crippen molar-refractivity contribution in [3.63, 3.8) is 0 Å². The molecule has 2 aromatic rings. The molecule has 0 aliphatic heterocycles. The fraction of sp³-hybridized carbons (Fsp3) is 0.231. The molecule has 4 N–H and O–H groups in total. The van der Waals surface area contributed by atoms with Gasteiger partial charge in [-0.2, -0.15) is 0 Å². The summed E-state index contributed by atoms with van der Waals surface area (Å²) in [7, 11) is 0. The maximum absolute atomic E-state index is 12.0. The van der Waals surface area contributed by atoms with Gasteiger partial charge in [0.2, 0.25) is 5.91 Å². The lowest BCUT2D eigenvalue weighted by atomic mass is 10.1. The Kier molecular flexibility index (Phi) is 3.43. The van der Waals surface area contributed by atoms with Crippen LogP contribution in [0, 0.1) is 0 Å². The van der Waals surface area contributed by atoms with Crippen LogP contribution in [-0.4, -0.2) is 29.3 Å². The van der Waals surface area contributed by atoms with Crippen molar-refractivity contribution in [2.75, 3.05) is 6.54 Å². The molecular formula is C13H15N3O2. The summed E-state index contributed by atoms with van der Waals surface area (Å²) in [5.41, 5.74) is 6.88. The number of rotatable bonds is 4. The number of carbonyl (C=O) groups excluding carboxylic acids is 2. The van der Waals surface area contributed by atoms with Crippen LogP contribution >= 0.6 is 0 Å². The fourth-order valence-electron chi connectivity index (χ4n) is 1.73. The normalized spacial score (nSPS) is 12.3. The number of aromatic amines is 1. The van der Waals surface area contributed by atoms with Crippen LogP contribution in [0.3, 0.4) is 0 Å². The van der Waals surface area contributed by atoms with Crippen LogP contribution in [0.5, 0.6) is 0 Å². The Labute approximate surface area is 104 Å². The maximum atomic E-state index is 12.0. The molecule has 0 fully saturated rings. The predicted octanol–water partition coefficient (Wildman–Crippen LogP) is 0.814. The standard InChI is InChI=1S/C13H15N3O2/c1-8(14)13(18)16-7-12(17)10-6-15-11-5-3-2-4-9(10)11/h2-6,8,15H,7,14H2,1H3,(H,16,18)/t8-/m0/s1. The molecule has 5 heteroatoms. The Morgan fingerprint density at radius 2 is 2.11 bits per heavy atom. The van der Waals surface area contributed by atoms with Crippen LogP contribution in [0.2, 0.25) is 0 Å². The second-order valence-corrected chi connectivity index (χ2v) is 4.18. The van der Waals surface area contributed by atoms with Crippen molar-refractivity contribution in [2.24, 2.45) is 5.73 Å². The molecule has 1 aromatic carbocycles. The van der Waals surface area contributed by atoms with Gasteiger partial charge in [0.25, 0.3) is 0 Å². The highest BCUT2D eigenvalue weighted by Gasteiger charge is 2.14. The van der Waals surface area contributed by atoms with Crippen LogP contribution in [0.4, 0.5) is 0 Å². The van der Waals surface area contributed by atoms with Gasteiger partial charge in [-0.3, -0.25) is 9.59 Å². The number of ketones is 1. The Hall–Kier alpha value is -2.14. The van der Waals surface area contributed by atoms with E-state index < -0.39 is 6.04 Å². The smallest absolute Gasteiger partial charge is 0.237 e. The van der Waals surface area contributed by atoms with E-state index in [0.29, 0.717) is 5.56 Å². The molecule has 0 spiro atoms. The zero-order valence-electron chi connectivity index (χ0n) is 10.1. The van der Waals surface area contributed by atoms with Gasteiger partial charge in [-0.1, -0.05) is 18.2 Å². The number of aromatic nitrogens is 1. The minimum Gasteiger partial charge on any atom is -0.360 e. The van der Waals surface area contributed by atoms with E-state index in [-0.39, 0.29) is 18.2 Å². The second-order valence-electron chi connectivity index (χ2n) is 4.18. The van der Waals surface area contributed by atoms with Gasteiger partial charge in [0.1, 0.15) is 0 Å². The van der Waals surface area contributed by atoms with E-state index >= 15 is 0 Å². The van der Waals surface area contributed by atoms with Crippen molar-refractivity contribution >= 4 is 22.6 Å². The first kappa shape index (κ1) is 12.3. The van der Waals surface area contributed by atoms with Gasteiger partial charge in [-0.15, -0.1) is 0 Å². The largest absolute Gasteiger partial charge is 0.360 e. The predicted molar refractivity (Wildman–Crippen MR) is 69.3 cm³/mol. The molecule has 18 heavy (non-hydrogen) atoms. The highest BCUT2D eigenvalue weighted by molar-refractivity contribution is 6.09. The lowest BCUT2D eigenvalue weighted by Crippen LogP contribution is -2.40. The molecule has 0 unspecified atom stereocenters. The van der Waals surface area contributed by atoms with E-state index in [1.54, 1.807) is 13.1 Å². The number of hydrogen-bond donors (Lipinski definition) is 3. The van der Waals surface area contributed by atoms with Gasteiger partial charge in [0.15, 0.2) is 5.78 Å². The molecule has 1 heterocycles. The molecule has 0 saturated carbocycles. The third-order valence-electron chi connectivity index (χ3n) is 2.73. The average Bonchev–Trinajstić information content (AvgIpc) is 2.79. The zero-order chi connectivity index (χ0) is 13.1. The molecule has 0 aliphatic rings. The van der Waals surface area contributed by atoms with Crippen LogP contribution in [0.25, 0.3) is 10.9 Å². The molecule has 0 saturated heterocycles. The third-order valence-corrected chi connectivity index (χ3v) is 2.73. The Balaban J connectivity index is 2.12. The number of amides is 1. The summed E-state index contributed by atoms with van der Waals surface area (Å²) in [6.45, 7) is 1.54. The van der Waals surface area contributed by atoms with Crippen molar-refractivity contribution in [1.29, 1.82) is 0 Å². The SMILES string of the molecule is C[C@H](N)C(=O)NCC(=O)c1c[nH]c2ccccc12. The Morgan fingerprint density at radius 1 is 1.39 bits per heavy atom. The van der Waals surface area contributed by atoms with E-state index in [1.807, 2.05) is 24.3 Å². The van der Waals surface area contributed by atoms with E-state index in [1.165, 1.54) is 0 Å². The second kappa shape index (κ2) is 5.01. The topological polar surface area (TPSA) is 88.0 Å². The van der Waals surface area contributed by atoms with Gasteiger partial charge < -0.3 is 16.0 Å². The minimum absolute atomic E-state index is 0.0395. The molecule has 1 amide bonds.